The highest BCUT2D eigenvalue weighted by molar-refractivity contribution is 7.21. The van der Waals surface area contributed by atoms with Gasteiger partial charge in [0.25, 0.3) is 0 Å². The molecule has 3 nitrogen and oxygen atoms in total. The van der Waals surface area contributed by atoms with Crippen molar-refractivity contribution >= 4 is 64.8 Å². The number of benzene rings is 7. The Morgan fingerprint density at radius 3 is 1.78 bits per heavy atom. The topological polar surface area (TPSA) is 38.7 Å². The Hall–Kier alpha value is -5.45. The van der Waals surface area contributed by atoms with E-state index in [2.05, 4.69) is 133 Å². The smallest absolute Gasteiger partial charge is 0.160 e. The van der Waals surface area contributed by atoms with Gasteiger partial charge in [-0.2, -0.15) is 0 Å². The Morgan fingerprint density at radius 1 is 0.467 bits per heavy atom. The van der Waals surface area contributed by atoms with Gasteiger partial charge in [-0.15, -0.1) is 11.3 Å². The first-order chi connectivity index (χ1) is 22.3. The van der Waals surface area contributed by atoms with Crippen molar-refractivity contribution < 1.29 is 0 Å². The molecule has 4 heteroatoms. The summed E-state index contributed by atoms with van der Waals surface area (Å²) in [5, 5.41) is 9.13. The quantitative estimate of drug-likeness (QED) is 0.151. The number of hydrogen-bond acceptors (Lipinski definition) is 4. The average Bonchev–Trinajstić information content (AvgIpc) is 3.56. The van der Waals surface area contributed by atoms with Gasteiger partial charge in [0, 0.05) is 27.5 Å². The maximum Gasteiger partial charge on any atom is 0.160 e. The van der Waals surface area contributed by atoms with Gasteiger partial charge in [-0.3, -0.25) is 0 Å². The molecule has 0 aliphatic carbocycles. The zero-order valence-corrected chi connectivity index (χ0v) is 25.8. The van der Waals surface area contributed by atoms with Crippen molar-refractivity contribution in [3.63, 3.8) is 0 Å². The molecule has 9 aromatic rings. The molecule has 0 fully saturated rings. The van der Waals surface area contributed by atoms with E-state index < -0.39 is 0 Å². The SMILES string of the molecule is CC.c1ccc2c(-c3nc(-c4ccc(-c5nc6ccccc6s5)cc4)nc4c3ccc3ccccc34)c3ccccc3cc2c1. The van der Waals surface area contributed by atoms with Gasteiger partial charge in [-0.1, -0.05) is 129 Å². The molecule has 0 saturated heterocycles. The lowest BCUT2D eigenvalue weighted by Gasteiger charge is -2.16. The second kappa shape index (κ2) is 11.2. The van der Waals surface area contributed by atoms with Gasteiger partial charge in [0.15, 0.2) is 5.82 Å². The van der Waals surface area contributed by atoms with E-state index in [0.717, 1.165) is 49.2 Å². The third-order valence-corrected chi connectivity index (χ3v) is 9.37. The fraction of sp³-hybridized carbons (Fsp3) is 0.0488. The Labute approximate surface area is 265 Å². The predicted octanol–water partition coefficient (Wildman–Crippen LogP) is 11.7. The standard InChI is InChI=1S/C39H23N3S.C2H6/c1-6-14-31-24(9-1)21-22-32-36(31)41-38(25-17-19-26(20-18-25)39-40-33-15-7-8-16-34(33)43-39)42-37(32)35-29-12-4-2-10-27(29)23-28-11-3-5-13-30(28)35;1-2/h1-23H;1-2H3. The van der Waals surface area contributed by atoms with Gasteiger partial charge >= 0.3 is 0 Å². The zero-order valence-electron chi connectivity index (χ0n) is 25.0. The van der Waals surface area contributed by atoms with Crippen LogP contribution in [0.5, 0.6) is 0 Å². The molecule has 0 unspecified atom stereocenters. The highest BCUT2D eigenvalue weighted by atomic mass is 32.1. The van der Waals surface area contributed by atoms with Crippen LogP contribution in [0, 0.1) is 0 Å². The minimum absolute atomic E-state index is 0.715. The number of rotatable bonds is 3. The lowest BCUT2D eigenvalue weighted by atomic mass is 9.92. The molecule has 0 amide bonds. The number of hydrogen-bond donors (Lipinski definition) is 0. The molecule has 0 atom stereocenters. The van der Waals surface area contributed by atoms with E-state index in [0.29, 0.717) is 5.82 Å². The van der Waals surface area contributed by atoms with Gasteiger partial charge in [-0.05, 0) is 51.2 Å². The summed E-state index contributed by atoms with van der Waals surface area (Å²) in [5.41, 5.74) is 6.16. The predicted molar refractivity (Wildman–Crippen MR) is 193 cm³/mol. The van der Waals surface area contributed by atoms with Crippen LogP contribution in [0.25, 0.3) is 86.7 Å². The van der Waals surface area contributed by atoms with Crippen molar-refractivity contribution in [2.24, 2.45) is 0 Å². The number of nitrogens with zero attached hydrogens (tertiary/aromatic N) is 3. The van der Waals surface area contributed by atoms with Crippen LogP contribution in [0.3, 0.4) is 0 Å². The molecule has 45 heavy (non-hydrogen) atoms. The maximum absolute atomic E-state index is 5.36. The van der Waals surface area contributed by atoms with Crippen LogP contribution in [0.2, 0.25) is 0 Å². The summed E-state index contributed by atoms with van der Waals surface area (Å²) >= 11 is 1.71. The molecule has 0 bridgehead atoms. The summed E-state index contributed by atoms with van der Waals surface area (Å²) in [5.74, 6) is 0.715. The van der Waals surface area contributed by atoms with E-state index in [1.165, 1.54) is 31.6 Å². The molecule has 0 radical (unpaired) electrons. The van der Waals surface area contributed by atoms with Gasteiger partial charge in [0.05, 0.1) is 21.4 Å². The van der Waals surface area contributed by atoms with Crippen LogP contribution in [0.15, 0.2) is 140 Å². The van der Waals surface area contributed by atoms with Crippen molar-refractivity contribution in [1.29, 1.82) is 0 Å². The summed E-state index contributed by atoms with van der Waals surface area (Å²) < 4.78 is 1.19. The fourth-order valence-corrected chi connectivity index (χ4v) is 7.18. The van der Waals surface area contributed by atoms with Crippen molar-refractivity contribution in [2.45, 2.75) is 13.8 Å². The van der Waals surface area contributed by atoms with E-state index >= 15 is 0 Å². The number of aromatic nitrogens is 3. The largest absolute Gasteiger partial charge is 0.236 e. The normalized spacial score (nSPS) is 11.3. The summed E-state index contributed by atoms with van der Waals surface area (Å²) in [6, 6.07) is 49.1. The lowest BCUT2D eigenvalue weighted by Crippen LogP contribution is -1.97. The minimum atomic E-state index is 0.715. The molecular weight excluding hydrogens is 567 g/mol. The Bertz CT molecular complexity index is 2420. The van der Waals surface area contributed by atoms with Crippen LogP contribution in [-0.2, 0) is 0 Å². The van der Waals surface area contributed by atoms with E-state index in [-0.39, 0.29) is 0 Å². The summed E-state index contributed by atoms with van der Waals surface area (Å²) in [7, 11) is 0. The van der Waals surface area contributed by atoms with Crippen LogP contribution >= 0.6 is 11.3 Å². The Kier molecular flexibility index (Phi) is 6.77. The molecule has 214 valence electrons. The van der Waals surface area contributed by atoms with Crippen LogP contribution in [0.1, 0.15) is 13.8 Å². The van der Waals surface area contributed by atoms with E-state index in [1.54, 1.807) is 11.3 Å². The number of fused-ring (bicyclic) bond motifs is 6. The fourth-order valence-electron chi connectivity index (χ4n) is 6.21. The van der Waals surface area contributed by atoms with Crippen LogP contribution < -0.4 is 0 Å². The molecular formula is C41H29N3S. The first-order valence-electron chi connectivity index (χ1n) is 15.4. The number of thiazole rings is 1. The summed E-state index contributed by atoms with van der Waals surface area (Å²) in [6.07, 6.45) is 0. The van der Waals surface area contributed by atoms with Crippen molar-refractivity contribution in [2.75, 3.05) is 0 Å². The third-order valence-electron chi connectivity index (χ3n) is 8.28. The second-order valence-corrected chi connectivity index (χ2v) is 11.9. The third kappa shape index (κ3) is 4.62. The van der Waals surface area contributed by atoms with Gasteiger partial charge in [0.2, 0.25) is 0 Å². The highest BCUT2D eigenvalue weighted by Crippen LogP contribution is 2.41. The second-order valence-electron chi connectivity index (χ2n) is 10.8. The van der Waals surface area contributed by atoms with Gasteiger partial charge in [-0.25, -0.2) is 15.0 Å². The molecule has 0 N–H and O–H groups in total. The number of para-hydroxylation sites is 1. The van der Waals surface area contributed by atoms with E-state index in [9.17, 15) is 0 Å². The lowest BCUT2D eigenvalue weighted by molar-refractivity contribution is 1.24. The Morgan fingerprint density at radius 2 is 1.07 bits per heavy atom. The minimum Gasteiger partial charge on any atom is -0.236 e. The molecule has 2 aromatic heterocycles. The molecule has 2 heterocycles. The highest BCUT2D eigenvalue weighted by Gasteiger charge is 2.18. The van der Waals surface area contributed by atoms with Gasteiger partial charge in [0.1, 0.15) is 5.01 Å². The van der Waals surface area contributed by atoms with Crippen LogP contribution in [0.4, 0.5) is 0 Å². The summed E-state index contributed by atoms with van der Waals surface area (Å²) in [4.78, 5) is 15.5. The van der Waals surface area contributed by atoms with E-state index in [1.807, 2.05) is 19.9 Å². The Balaban J connectivity index is 0.00000147. The van der Waals surface area contributed by atoms with Crippen molar-refractivity contribution in [1.82, 2.24) is 15.0 Å². The monoisotopic (exact) mass is 595 g/mol. The molecule has 7 aromatic carbocycles. The molecule has 9 rings (SSSR count). The average molecular weight is 596 g/mol. The first kappa shape index (κ1) is 27.1. The molecule has 0 spiro atoms. The van der Waals surface area contributed by atoms with Gasteiger partial charge < -0.3 is 0 Å². The molecule has 0 aliphatic heterocycles. The van der Waals surface area contributed by atoms with Crippen molar-refractivity contribution in [3.05, 3.63) is 140 Å². The van der Waals surface area contributed by atoms with E-state index in [4.69, 9.17) is 15.0 Å². The molecule has 0 saturated carbocycles. The van der Waals surface area contributed by atoms with Crippen molar-refractivity contribution in [3.8, 4) is 33.2 Å². The summed E-state index contributed by atoms with van der Waals surface area (Å²) in [6.45, 7) is 4.00. The first-order valence-corrected chi connectivity index (χ1v) is 16.2. The molecule has 0 aliphatic rings. The zero-order chi connectivity index (χ0) is 30.3. The van der Waals surface area contributed by atoms with Crippen LogP contribution in [-0.4, -0.2) is 15.0 Å². The maximum atomic E-state index is 5.36.